The average Bonchev–Trinajstić information content (AvgIpc) is 2.32. The summed E-state index contributed by atoms with van der Waals surface area (Å²) in [5, 5.41) is 13.2. The molecule has 5 heteroatoms. The number of carboxylic acid groups (broad SMARTS) is 1. The number of anilines is 1. The maximum absolute atomic E-state index is 11.6. The first-order valence-corrected chi connectivity index (χ1v) is 6.36. The lowest BCUT2D eigenvalue weighted by atomic mass is 9.89. The van der Waals surface area contributed by atoms with Crippen molar-refractivity contribution in [2.45, 2.75) is 18.4 Å². The van der Waals surface area contributed by atoms with Crippen molar-refractivity contribution >= 4 is 23.3 Å². The molecule has 0 radical (unpaired) electrons. The van der Waals surface area contributed by atoms with Gasteiger partial charge in [0.05, 0.1) is 10.7 Å². The number of piperidine rings is 1. The van der Waals surface area contributed by atoms with Crippen molar-refractivity contribution in [3.05, 3.63) is 29.3 Å². The normalized spacial score (nSPS) is 24.8. The molecule has 0 saturated carbocycles. The van der Waals surface area contributed by atoms with E-state index in [1.54, 1.807) is 6.07 Å². The van der Waals surface area contributed by atoms with E-state index in [-0.39, 0.29) is 0 Å². The monoisotopic (exact) mass is 268 g/mol. The smallest absolute Gasteiger partial charge is 0.330 e. The Bertz CT molecular complexity index is 452. The molecule has 0 spiro atoms. The summed E-state index contributed by atoms with van der Waals surface area (Å²) in [7, 11) is 1.94. The van der Waals surface area contributed by atoms with Crippen molar-refractivity contribution in [2.75, 3.05) is 25.5 Å². The van der Waals surface area contributed by atoms with Crippen molar-refractivity contribution in [2.24, 2.45) is 0 Å². The second-order valence-electron chi connectivity index (χ2n) is 4.83. The van der Waals surface area contributed by atoms with E-state index in [2.05, 4.69) is 5.32 Å². The summed E-state index contributed by atoms with van der Waals surface area (Å²) in [5.74, 6) is -0.825. The number of aliphatic carboxylic acids is 1. The number of carboxylic acids is 1. The van der Waals surface area contributed by atoms with E-state index in [1.165, 1.54) is 0 Å². The van der Waals surface area contributed by atoms with Crippen LogP contribution in [0.15, 0.2) is 24.3 Å². The zero-order valence-electron chi connectivity index (χ0n) is 10.3. The first-order chi connectivity index (χ1) is 8.53. The summed E-state index contributed by atoms with van der Waals surface area (Å²) in [4.78, 5) is 13.6. The second-order valence-corrected chi connectivity index (χ2v) is 5.24. The van der Waals surface area contributed by atoms with Gasteiger partial charge in [0.15, 0.2) is 0 Å². The number of halogens is 1. The SMILES string of the molecule is CN1CCCC(Nc2ccccc2Cl)(C(=O)O)C1. The van der Waals surface area contributed by atoms with Gasteiger partial charge >= 0.3 is 5.97 Å². The predicted molar refractivity (Wildman–Crippen MR) is 72.2 cm³/mol. The minimum Gasteiger partial charge on any atom is -0.479 e. The number of likely N-dealkylation sites (tertiary alicyclic amines) is 1. The second kappa shape index (κ2) is 5.16. The predicted octanol–water partition coefficient (Wildman–Crippen LogP) is 2.30. The minimum atomic E-state index is -0.946. The Balaban J connectivity index is 2.26. The molecular weight excluding hydrogens is 252 g/mol. The van der Waals surface area contributed by atoms with Crippen molar-refractivity contribution in [3.8, 4) is 0 Å². The third-order valence-corrected chi connectivity index (χ3v) is 3.67. The van der Waals surface area contributed by atoms with Crippen LogP contribution in [0.25, 0.3) is 0 Å². The number of hydrogen-bond acceptors (Lipinski definition) is 3. The van der Waals surface area contributed by atoms with Crippen LogP contribution < -0.4 is 5.32 Å². The Kier molecular flexibility index (Phi) is 3.78. The number of benzene rings is 1. The Morgan fingerprint density at radius 1 is 1.50 bits per heavy atom. The fraction of sp³-hybridized carbons (Fsp3) is 0.462. The van der Waals surface area contributed by atoms with Gasteiger partial charge in [0.25, 0.3) is 0 Å². The van der Waals surface area contributed by atoms with Gasteiger partial charge in [-0.3, -0.25) is 0 Å². The van der Waals surface area contributed by atoms with Crippen molar-refractivity contribution in [1.29, 1.82) is 0 Å². The van der Waals surface area contributed by atoms with Crippen LogP contribution in [0, 0.1) is 0 Å². The quantitative estimate of drug-likeness (QED) is 0.883. The summed E-state index contributed by atoms with van der Waals surface area (Å²) in [6.07, 6.45) is 1.47. The van der Waals surface area contributed by atoms with Gasteiger partial charge in [0.1, 0.15) is 5.54 Å². The summed E-state index contributed by atoms with van der Waals surface area (Å²) in [5.41, 5.74) is -0.269. The van der Waals surface area contributed by atoms with Gasteiger partial charge in [-0.25, -0.2) is 4.79 Å². The highest BCUT2D eigenvalue weighted by atomic mass is 35.5. The topological polar surface area (TPSA) is 52.6 Å². The van der Waals surface area contributed by atoms with E-state index in [0.29, 0.717) is 23.7 Å². The maximum atomic E-state index is 11.6. The molecule has 0 bridgehead atoms. The summed E-state index contributed by atoms with van der Waals surface area (Å²) >= 11 is 6.08. The molecule has 2 rings (SSSR count). The van der Waals surface area contributed by atoms with Gasteiger partial charge in [0.2, 0.25) is 0 Å². The fourth-order valence-corrected chi connectivity index (χ4v) is 2.60. The molecule has 1 saturated heterocycles. The third-order valence-electron chi connectivity index (χ3n) is 3.34. The minimum absolute atomic E-state index is 0.480. The van der Waals surface area contributed by atoms with E-state index >= 15 is 0 Å². The molecule has 1 aromatic carbocycles. The fourth-order valence-electron chi connectivity index (χ4n) is 2.42. The van der Waals surface area contributed by atoms with Crippen molar-refractivity contribution in [3.63, 3.8) is 0 Å². The maximum Gasteiger partial charge on any atom is 0.330 e. The lowest BCUT2D eigenvalue weighted by molar-refractivity contribution is -0.144. The van der Waals surface area contributed by atoms with E-state index in [4.69, 9.17) is 11.6 Å². The Labute approximate surface area is 112 Å². The van der Waals surface area contributed by atoms with E-state index < -0.39 is 11.5 Å². The molecule has 1 aromatic rings. The average molecular weight is 269 g/mol. The molecule has 1 aliphatic heterocycles. The number of rotatable bonds is 3. The first kappa shape index (κ1) is 13.2. The van der Waals surface area contributed by atoms with Gasteiger partial charge < -0.3 is 15.3 Å². The van der Waals surface area contributed by atoms with E-state index in [9.17, 15) is 9.90 Å². The molecule has 1 fully saturated rings. The Morgan fingerprint density at radius 2 is 2.22 bits per heavy atom. The molecule has 2 N–H and O–H groups in total. The molecule has 1 heterocycles. The van der Waals surface area contributed by atoms with Crippen LogP contribution in [-0.4, -0.2) is 41.7 Å². The highest BCUT2D eigenvalue weighted by molar-refractivity contribution is 6.33. The molecule has 1 unspecified atom stereocenters. The standard InChI is InChI=1S/C13H17ClN2O2/c1-16-8-4-7-13(9-16,12(17)18)15-11-6-3-2-5-10(11)14/h2-3,5-6,15H,4,7-9H2,1H3,(H,17,18). The zero-order valence-corrected chi connectivity index (χ0v) is 11.1. The molecule has 0 amide bonds. The summed E-state index contributed by atoms with van der Waals surface area (Å²) in [6, 6.07) is 7.23. The van der Waals surface area contributed by atoms with Crippen LogP contribution in [0.1, 0.15) is 12.8 Å². The summed E-state index contributed by atoms with van der Waals surface area (Å²) in [6.45, 7) is 1.41. The van der Waals surface area contributed by atoms with Gasteiger partial charge in [-0.2, -0.15) is 0 Å². The van der Waals surface area contributed by atoms with Crippen LogP contribution in [-0.2, 0) is 4.79 Å². The lowest BCUT2D eigenvalue weighted by Gasteiger charge is -2.39. The van der Waals surface area contributed by atoms with Gasteiger partial charge in [0, 0.05) is 6.54 Å². The van der Waals surface area contributed by atoms with Crippen LogP contribution in [0.2, 0.25) is 5.02 Å². The van der Waals surface area contributed by atoms with Crippen molar-refractivity contribution < 1.29 is 9.90 Å². The Morgan fingerprint density at radius 3 is 2.83 bits per heavy atom. The van der Waals surface area contributed by atoms with E-state index in [1.807, 2.05) is 30.1 Å². The number of carbonyl (C=O) groups is 1. The van der Waals surface area contributed by atoms with Gasteiger partial charge in [-0.15, -0.1) is 0 Å². The molecule has 1 atom stereocenters. The first-order valence-electron chi connectivity index (χ1n) is 5.98. The molecule has 0 aliphatic carbocycles. The Hall–Kier alpha value is -1.26. The number of para-hydroxylation sites is 1. The molecule has 98 valence electrons. The van der Waals surface area contributed by atoms with Gasteiger partial charge in [-0.1, -0.05) is 23.7 Å². The molecular formula is C13H17ClN2O2. The molecule has 1 aliphatic rings. The van der Waals surface area contributed by atoms with Crippen LogP contribution in [0.4, 0.5) is 5.69 Å². The van der Waals surface area contributed by atoms with Crippen LogP contribution >= 0.6 is 11.6 Å². The third kappa shape index (κ3) is 2.60. The van der Waals surface area contributed by atoms with E-state index in [0.717, 1.165) is 13.0 Å². The highest BCUT2D eigenvalue weighted by Gasteiger charge is 2.41. The molecule has 0 aromatic heterocycles. The van der Waals surface area contributed by atoms with Gasteiger partial charge in [-0.05, 0) is 38.6 Å². The largest absolute Gasteiger partial charge is 0.479 e. The van der Waals surface area contributed by atoms with Crippen LogP contribution in [0.3, 0.4) is 0 Å². The van der Waals surface area contributed by atoms with Crippen LogP contribution in [0.5, 0.6) is 0 Å². The molecule has 18 heavy (non-hydrogen) atoms. The number of nitrogens with one attached hydrogen (secondary N) is 1. The number of nitrogens with zero attached hydrogens (tertiary/aromatic N) is 1. The number of hydrogen-bond donors (Lipinski definition) is 2. The highest BCUT2D eigenvalue weighted by Crippen LogP contribution is 2.29. The molecule has 4 nitrogen and oxygen atoms in total. The lowest BCUT2D eigenvalue weighted by Crippen LogP contribution is -2.57. The summed E-state index contributed by atoms with van der Waals surface area (Å²) < 4.78 is 0. The van der Waals surface area contributed by atoms with Crippen molar-refractivity contribution in [1.82, 2.24) is 4.90 Å². The zero-order chi connectivity index (χ0) is 13.2. The number of likely N-dealkylation sites (N-methyl/N-ethyl adjacent to an activating group) is 1.